The van der Waals surface area contributed by atoms with Crippen molar-refractivity contribution in [1.82, 2.24) is 0 Å². The van der Waals surface area contributed by atoms with Gasteiger partial charge in [-0.25, -0.2) is 0 Å². The molecule has 0 saturated heterocycles. The largest absolute Gasteiger partial charge is 0.389 e. The van der Waals surface area contributed by atoms with E-state index in [4.69, 9.17) is 5.11 Å². The third kappa shape index (κ3) is 3.35. The van der Waals surface area contributed by atoms with Crippen molar-refractivity contribution in [3.05, 3.63) is 41.5 Å². The molecule has 0 aliphatic rings. The number of hydrogen-bond acceptors (Lipinski definition) is 1. The second-order valence-electron chi connectivity index (χ2n) is 3.92. The van der Waals surface area contributed by atoms with E-state index in [0.29, 0.717) is 5.92 Å². The quantitative estimate of drug-likeness (QED) is 0.776. The van der Waals surface area contributed by atoms with Crippen LogP contribution in [0.1, 0.15) is 37.8 Å². The summed E-state index contributed by atoms with van der Waals surface area (Å²) in [7, 11) is 0. The minimum atomic E-state index is -0.375. The van der Waals surface area contributed by atoms with Crippen LogP contribution in [0.2, 0.25) is 0 Å². The van der Waals surface area contributed by atoms with Crippen molar-refractivity contribution in [3.63, 3.8) is 0 Å². The molecule has 0 saturated carbocycles. The summed E-state index contributed by atoms with van der Waals surface area (Å²) >= 11 is 0. The van der Waals surface area contributed by atoms with Gasteiger partial charge in [-0.2, -0.15) is 0 Å². The lowest BCUT2D eigenvalue weighted by atomic mass is 10.0. The molecule has 1 nitrogen and oxygen atoms in total. The molecule has 0 aliphatic carbocycles. The van der Waals surface area contributed by atoms with Crippen LogP contribution in [0.3, 0.4) is 0 Å². The van der Waals surface area contributed by atoms with Crippen LogP contribution in [0.15, 0.2) is 30.3 Å². The Morgan fingerprint density at radius 3 is 2.07 bits per heavy atom. The molecule has 0 fully saturated rings. The summed E-state index contributed by atoms with van der Waals surface area (Å²) in [6, 6.07) is 8.42. The van der Waals surface area contributed by atoms with Gasteiger partial charge in [0, 0.05) is 0 Å². The minimum absolute atomic E-state index is 0.375. The summed E-state index contributed by atoms with van der Waals surface area (Å²) in [5, 5.41) is 9.07. The van der Waals surface area contributed by atoms with E-state index in [1.165, 1.54) is 5.56 Å². The highest BCUT2D eigenvalue weighted by molar-refractivity contribution is 5.50. The maximum absolute atomic E-state index is 9.07. The first-order chi connectivity index (χ1) is 6.59. The molecule has 0 aromatic heterocycles. The molecule has 14 heavy (non-hydrogen) atoms. The molecule has 0 aliphatic heterocycles. The first-order valence-corrected chi connectivity index (χ1v) is 5.06. The van der Waals surface area contributed by atoms with Crippen LogP contribution in [0.25, 0.3) is 6.08 Å². The van der Waals surface area contributed by atoms with Crippen LogP contribution >= 0.6 is 0 Å². The van der Waals surface area contributed by atoms with E-state index in [-0.39, 0.29) is 6.10 Å². The van der Waals surface area contributed by atoms with Gasteiger partial charge >= 0.3 is 0 Å². The Kier molecular flexibility index (Phi) is 3.90. The molecular weight excluding hydrogens is 172 g/mol. The Morgan fingerprint density at radius 2 is 1.64 bits per heavy atom. The summed E-state index contributed by atoms with van der Waals surface area (Å²) in [5.74, 6) is 0.574. The van der Waals surface area contributed by atoms with E-state index in [9.17, 15) is 0 Å². The Hall–Kier alpha value is -1.08. The van der Waals surface area contributed by atoms with Crippen molar-refractivity contribution in [1.29, 1.82) is 0 Å². The third-order valence-corrected chi connectivity index (χ3v) is 2.17. The zero-order chi connectivity index (χ0) is 10.6. The van der Waals surface area contributed by atoms with Crippen molar-refractivity contribution in [2.75, 3.05) is 0 Å². The highest BCUT2D eigenvalue weighted by Crippen LogP contribution is 2.15. The molecule has 76 valence electrons. The SMILES string of the molecule is CC(C)c1ccc(/C=C/[C@@H](C)O)cc1. The van der Waals surface area contributed by atoms with Crippen LogP contribution in [0.4, 0.5) is 0 Å². The zero-order valence-corrected chi connectivity index (χ0v) is 9.07. The molecule has 1 N–H and O–H groups in total. The van der Waals surface area contributed by atoms with Crippen LogP contribution in [-0.2, 0) is 0 Å². The van der Waals surface area contributed by atoms with Gasteiger partial charge in [-0.15, -0.1) is 0 Å². The van der Waals surface area contributed by atoms with Gasteiger partial charge in [0.25, 0.3) is 0 Å². The summed E-state index contributed by atoms with van der Waals surface area (Å²) < 4.78 is 0. The number of aliphatic hydroxyl groups is 1. The Bertz CT molecular complexity index is 294. The maximum atomic E-state index is 9.07. The number of benzene rings is 1. The lowest BCUT2D eigenvalue weighted by Gasteiger charge is -2.04. The fourth-order valence-electron chi connectivity index (χ4n) is 1.24. The second kappa shape index (κ2) is 4.97. The molecule has 0 bridgehead atoms. The Balaban J connectivity index is 2.73. The lowest BCUT2D eigenvalue weighted by Crippen LogP contribution is -1.91. The predicted octanol–water partition coefficient (Wildman–Crippen LogP) is 3.20. The summed E-state index contributed by atoms with van der Waals surface area (Å²) in [6.45, 7) is 6.11. The molecule has 1 atom stereocenters. The van der Waals surface area contributed by atoms with Crippen molar-refractivity contribution >= 4 is 6.08 Å². The second-order valence-corrected chi connectivity index (χ2v) is 3.92. The molecule has 1 aromatic rings. The van der Waals surface area contributed by atoms with Gasteiger partial charge < -0.3 is 5.11 Å². The highest BCUT2D eigenvalue weighted by atomic mass is 16.3. The van der Waals surface area contributed by atoms with E-state index in [1.54, 1.807) is 13.0 Å². The number of rotatable bonds is 3. The lowest BCUT2D eigenvalue weighted by molar-refractivity contribution is 0.245. The van der Waals surface area contributed by atoms with Gasteiger partial charge in [0.05, 0.1) is 6.10 Å². The normalized spacial score (nSPS) is 13.8. The van der Waals surface area contributed by atoms with E-state index in [2.05, 4.69) is 38.1 Å². The number of aliphatic hydroxyl groups excluding tert-OH is 1. The number of hydrogen-bond donors (Lipinski definition) is 1. The highest BCUT2D eigenvalue weighted by Gasteiger charge is 1.97. The monoisotopic (exact) mass is 190 g/mol. The van der Waals surface area contributed by atoms with Crippen molar-refractivity contribution in [2.45, 2.75) is 32.8 Å². The standard InChI is InChI=1S/C13H18O/c1-10(2)13-8-6-12(7-9-13)5-4-11(3)14/h4-11,14H,1-3H3/b5-4+/t11-/m1/s1. The third-order valence-electron chi connectivity index (χ3n) is 2.17. The summed E-state index contributed by atoms with van der Waals surface area (Å²) in [4.78, 5) is 0. The molecule has 0 unspecified atom stereocenters. The Labute approximate surface area is 86.1 Å². The minimum Gasteiger partial charge on any atom is -0.389 e. The van der Waals surface area contributed by atoms with Gasteiger partial charge in [-0.05, 0) is 24.0 Å². The van der Waals surface area contributed by atoms with Gasteiger partial charge in [0.2, 0.25) is 0 Å². The predicted molar refractivity (Wildman–Crippen MR) is 61.2 cm³/mol. The first-order valence-electron chi connectivity index (χ1n) is 5.06. The van der Waals surface area contributed by atoms with Crippen molar-refractivity contribution in [2.24, 2.45) is 0 Å². The van der Waals surface area contributed by atoms with E-state index in [0.717, 1.165) is 5.56 Å². The fraction of sp³-hybridized carbons (Fsp3) is 0.385. The van der Waals surface area contributed by atoms with Gasteiger partial charge in [0.1, 0.15) is 0 Å². The fourth-order valence-corrected chi connectivity index (χ4v) is 1.24. The van der Waals surface area contributed by atoms with Crippen LogP contribution < -0.4 is 0 Å². The summed E-state index contributed by atoms with van der Waals surface area (Å²) in [6.07, 6.45) is 3.35. The smallest absolute Gasteiger partial charge is 0.0696 e. The molecule has 0 spiro atoms. The van der Waals surface area contributed by atoms with E-state index >= 15 is 0 Å². The van der Waals surface area contributed by atoms with Gasteiger partial charge in [0.15, 0.2) is 0 Å². The first kappa shape index (κ1) is 11.0. The van der Waals surface area contributed by atoms with Gasteiger partial charge in [-0.3, -0.25) is 0 Å². The molecule has 1 heteroatoms. The van der Waals surface area contributed by atoms with E-state index in [1.807, 2.05) is 6.08 Å². The average molecular weight is 190 g/mol. The molecule has 0 amide bonds. The molecule has 0 heterocycles. The van der Waals surface area contributed by atoms with Crippen LogP contribution in [0, 0.1) is 0 Å². The van der Waals surface area contributed by atoms with Crippen molar-refractivity contribution in [3.8, 4) is 0 Å². The van der Waals surface area contributed by atoms with Crippen molar-refractivity contribution < 1.29 is 5.11 Å². The molecule has 1 rings (SSSR count). The zero-order valence-electron chi connectivity index (χ0n) is 9.07. The summed E-state index contributed by atoms with van der Waals surface area (Å²) in [5.41, 5.74) is 2.48. The molecular formula is C13H18O. The average Bonchev–Trinajstić information content (AvgIpc) is 2.15. The maximum Gasteiger partial charge on any atom is 0.0696 e. The van der Waals surface area contributed by atoms with Crippen LogP contribution in [-0.4, -0.2) is 11.2 Å². The molecule has 0 radical (unpaired) electrons. The van der Waals surface area contributed by atoms with E-state index < -0.39 is 0 Å². The topological polar surface area (TPSA) is 20.2 Å². The van der Waals surface area contributed by atoms with Gasteiger partial charge in [-0.1, -0.05) is 50.3 Å². The molecule has 1 aromatic carbocycles. The van der Waals surface area contributed by atoms with Crippen LogP contribution in [0.5, 0.6) is 0 Å². The Morgan fingerprint density at radius 1 is 1.07 bits per heavy atom.